The molecule has 0 saturated heterocycles. The molecular formula is C19H38O. The third kappa shape index (κ3) is 9.55. The summed E-state index contributed by atoms with van der Waals surface area (Å²) in [6, 6.07) is 0. The lowest BCUT2D eigenvalue weighted by molar-refractivity contribution is -0.123. The quantitative estimate of drug-likeness (QED) is 0.330. The second kappa shape index (κ2) is 13.6. The molecule has 0 bridgehead atoms. The Bertz CT molecular complexity index is 216. The van der Waals surface area contributed by atoms with E-state index in [-0.39, 0.29) is 0 Å². The molecule has 0 spiro atoms. The van der Waals surface area contributed by atoms with Crippen LogP contribution in [-0.4, -0.2) is 5.78 Å². The fraction of sp³-hybridized carbons (Fsp3) is 0.947. The van der Waals surface area contributed by atoms with E-state index in [0.29, 0.717) is 11.7 Å². The monoisotopic (exact) mass is 282 g/mol. The summed E-state index contributed by atoms with van der Waals surface area (Å²) in [4.78, 5) is 12.2. The van der Waals surface area contributed by atoms with Crippen molar-refractivity contribution in [2.45, 2.75) is 105 Å². The van der Waals surface area contributed by atoms with Crippen LogP contribution in [0.2, 0.25) is 0 Å². The van der Waals surface area contributed by atoms with Gasteiger partial charge in [-0.1, -0.05) is 79.1 Å². The predicted molar refractivity (Wildman–Crippen MR) is 90.1 cm³/mol. The number of carbonyl (C=O) groups excluding carboxylic acids is 1. The molecule has 20 heavy (non-hydrogen) atoms. The maximum atomic E-state index is 12.2. The topological polar surface area (TPSA) is 17.1 Å². The first-order valence-corrected chi connectivity index (χ1v) is 9.22. The van der Waals surface area contributed by atoms with Crippen molar-refractivity contribution in [3.05, 3.63) is 0 Å². The summed E-state index contributed by atoms with van der Waals surface area (Å²) in [5, 5.41) is 0. The third-order valence-electron chi connectivity index (χ3n) is 4.53. The largest absolute Gasteiger partial charge is 0.299 e. The fourth-order valence-corrected chi connectivity index (χ4v) is 3.23. The molecule has 0 amide bonds. The lowest BCUT2D eigenvalue weighted by Gasteiger charge is -2.16. The molecular weight excluding hydrogens is 244 g/mol. The summed E-state index contributed by atoms with van der Waals surface area (Å²) >= 11 is 0. The third-order valence-corrected chi connectivity index (χ3v) is 4.53. The smallest absolute Gasteiger partial charge is 0.135 e. The van der Waals surface area contributed by atoms with E-state index >= 15 is 0 Å². The number of carbonyl (C=O) groups is 1. The van der Waals surface area contributed by atoms with Gasteiger partial charge in [-0.15, -0.1) is 0 Å². The minimum Gasteiger partial charge on any atom is -0.299 e. The van der Waals surface area contributed by atoms with Gasteiger partial charge in [-0.25, -0.2) is 0 Å². The fourth-order valence-electron chi connectivity index (χ4n) is 3.23. The highest BCUT2D eigenvalue weighted by Gasteiger charge is 2.15. The second-order valence-electron chi connectivity index (χ2n) is 6.40. The van der Waals surface area contributed by atoms with Gasteiger partial charge in [-0.05, 0) is 25.2 Å². The standard InChI is InChI=1S/C19H38O/c1-5-9-15-18(8-4)19(20)16-11-10-14-17(12-6-2)13-7-3/h17-18H,5-16H2,1-4H3. The van der Waals surface area contributed by atoms with Crippen molar-refractivity contribution in [2.75, 3.05) is 0 Å². The normalized spacial score (nSPS) is 12.8. The van der Waals surface area contributed by atoms with E-state index in [2.05, 4.69) is 27.7 Å². The molecule has 0 aromatic rings. The van der Waals surface area contributed by atoms with Gasteiger partial charge in [0.2, 0.25) is 0 Å². The van der Waals surface area contributed by atoms with Crippen LogP contribution in [0.5, 0.6) is 0 Å². The zero-order chi connectivity index (χ0) is 15.2. The van der Waals surface area contributed by atoms with Crippen molar-refractivity contribution in [2.24, 2.45) is 11.8 Å². The SMILES string of the molecule is CCCCC(CC)C(=O)CCCCC(CCC)CCC. The summed E-state index contributed by atoms with van der Waals surface area (Å²) in [5.41, 5.74) is 0. The summed E-state index contributed by atoms with van der Waals surface area (Å²) in [6.45, 7) is 8.94. The summed E-state index contributed by atoms with van der Waals surface area (Å²) in [5.74, 6) is 1.78. The Morgan fingerprint density at radius 1 is 0.750 bits per heavy atom. The number of ketones is 1. The van der Waals surface area contributed by atoms with Crippen molar-refractivity contribution in [1.82, 2.24) is 0 Å². The highest BCUT2D eigenvalue weighted by atomic mass is 16.1. The average molecular weight is 283 g/mol. The summed E-state index contributed by atoms with van der Waals surface area (Å²) in [6.07, 6.45) is 14.4. The second-order valence-corrected chi connectivity index (χ2v) is 6.40. The zero-order valence-electron chi connectivity index (χ0n) is 14.5. The van der Waals surface area contributed by atoms with Crippen LogP contribution >= 0.6 is 0 Å². The number of unbranched alkanes of at least 4 members (excludes halogenated alkanes) is 2. The van der Waals surface area contributed by atoms with Gasteiger partial charge in [0.25, 0.3) is 0 Å². The maximum absolute atomic E-state index is 12.2. The molecule has 0 rings (SSSR count). The number of hydrogen-bond acceptors (Lipinski definition) is 1. The Morgan fingerprint density at radius 2 is 1.40 bits per heavy atom. The maximum Gasteiger partial charge on any atom is 0.135 e. The van der Waals surface area contributed by atoms with Crippen LogP contribution in [-0.2, 0) is 4.79 Å². The molecule has 1 atom stereocenters. The van der Waals surface area contributed by atoms with Crippen LogP contribution in [0.4, 0.5) is 0 Å². The first-order chi connectivity index (χ1) is 9.69. The van der Waals surface area contributed by atoms with Gasteiger partial charge in [0, 0.05) is 12.3 Å². The predicted octanol–water partition coefficient (Wildman–Crippen LogP) is 6.55. The van der Waals surface area contributed by atoms with Crippen LogP contribution in [0.25, 0.3) is 0 Å². The van der Waals surface area contributed by atoms with E-state index in [1.807, 2.05) is 0 Å². The first kappa shape index (κ1) is 19.7. The molecule has 0 heterocycles. The van der Waals surface area contributed by atoms with Crippen LogP contribution in [0.15, 0.2) is 0 Å². The van der Waals surface area contributed by atoms with E-state index in [1.54, 1.807) is 0 Å². The Hall–Kier alpha value is -0.330. The minimum atomic E-state index is 0.344. The minimum absolute atomic E-state index is 0.344. The molecule has 120 valence electrons. The van der Waals surface area contributed by atoms with E-state index in [1.165, 1.54) is 51.4 Å². The molecule has 0 aliphatic rings. The van der Waals surface area contributed by atoms with Gasteiger partial charge in [0.05, 0.1) is 0 Å². The van der Waals surface area contributed by atoms with E-state index < -0.39 is 0 Å². The van der Waals surface area contributed by atoms with E-state index in [0.717, 1.165) is 31.6 Å². The van der Waals surface area contributed by atoms with Gasteiger partial charge < -0.3 is 0 Å². The molecule has 0 aromatic heterocycles. The van der Waals surface area contributed by atoms with Gasteiger partial charge >= 0.3 is 0 Å². The van der Waals surface area contributed by atoms with Gasteiger partial charge in [-0.3, -0.25) is 4.79 Å². The molecule has 0 aliphatic heterocycles. The summed E-state index contributed by atoms with van der Waals surface area (Å²) < 4.78 is 0. The van der Waals surface area contributed by atoms with E-state index in [9.17, 15) is 4.79 Å². The molecule has 0 N–H and O–H groups in total. The molecule has 1 heteroatoms. The lowest BCUT2D eigenvalue weighted by atomic mass is 9.89. The molecule has 0 radical (unpaired) electrons. The van der Waals surface area contributed by atoms with Gasteiger partial charge in [0.15, 0.2) is 0 Å². The van der Waals surface area contributed by atoms with Gasteiger partial charge in [-0.2, -0.15) is 0 Å². The van der Waals surface area contributed by atoms with Crippen molar-refractivity contribution in [1.29, 1.82) is 0 Å². The summed E-state index contributed by atoms with van der Waals surface area (Å²) in [7, 11) is 0. The molecule has 1 nitrogen and oxygen atoms in total. The highest BCUT2D eigenvalue weighted by molar-refractivity contribution is 5.80. The van der Waals surface area contributed by atoms with Crippen molar-refractivity contribution in [3.8, 4) is 0 Å². The van der Waals surface area contributed by atoms with Crippen molar-refractivity contribution >= 4 is 5.78 Å². The Kier molecular flexibility index (Phi) is 13.4. The van der Waals surface area contributed by atoms with Crippen molar-refractivity contribution in [3.63, 3.8) is 0 Å². The lowest BCUT2D eigenvalue weighted by Crippen LogP contribution is -2.13. The van der Waals surface area contributed by atoms with Gasteiger partial charge in [0.1, 0.15) is 5.78 Å². The number of Topliss-reactive ketones (excluding diaryl/α,β-unsaturated/α-hetero) is 1. The van der Waals surface area contributed by atoms with Crippen LogP contribution < -0.4 is 0 Å². The number of hydrogen-bond donors (Lipinski definition) is 0. The van der Waals surface area contributed by atoms with Crippen molar-refractivity contribution < 1.29 is 4.79 Å². The highest BCUT2D eigenvalue weighted by Crippen LogP contribution is 2.22. The van der Waals surface area contributed by atoms with E-state index in [4.69, 9.17) is 0 Å². The Labute approximate surface area is 127 Å². The molecule has 0 saturated carbocycles. The Balaban J connectivity index is 3.82. The first-order valence-electron chi connectivity index (χ1n) is 9.22. The zero-order valence-corrected chi connectivity index (χ0v) is 14.5. The average Bonchev–Trinajstić information content (AvgIpc) is 2.44. The molecule has 0 aliphatic carbocycles. The number of rotatable bonds is 14. The van der Waals surface area contributed by atoms with Crippen LogP contribution in [0.1, 0.15) is 105 Å². The molecule has 1 unspecified atom stereocenters. The molecule has 0 fully saturated rings. The van der Waals surface area contributed by atoms with Crippen LogP contribution in [0.3, 0.4) is 0 Å². The van der Waals surface area contributed by atoms with Crippen LogP contribution in [0, 0.1) is 11.8 Å². The molecule has 0 aromatic carbocycles. The Morgan fingerprint density at radius 3 is 1.90 bits per heavy atom.